The van der Waals surface area contributed by atoms with Gasteiger partial charge in [0.1, 0.15) is 0 Å². The van der Waals surface area contributed by atoms with Gasteiger partial charge in [-0.05, 0) is 30.5 Å². The summed E-state index contributed by atoms with van der Waals surface area (Å²) >= 11 is 12.8. The molecular weight excluding hydrogens is 307 g/mol. The molecule has 0 aromatic carbocycles. The maximum Gasteiger partial charge on any atom is 0.0829 e. The lowest BCUT2D eigenvalue weighted by Gasteiger charge is -2.26. The second-order valence-corrected chi connectivity index (χ2v) is 11.9. The molecule has 0 atom stereocenters. The van der Waals surface area contributed by atoms with E-state index in [9.17, 15) is 5.11 Å². The first-order valence-corrected chi connectivity index (χ1v) is 11.1. The van der Waals surface area contributed by atoms with Crippen LogP contribution in [0.3, 0.4) is 0 Å². The predicted molar refractivity (Wildman–Crippen MR) is 90.8 cm³/mol. The van der Waals surface area contributed by atoms with Gasteiger partial charge < -0.3 is 5.11 Å². The Morgan fingerprint density at radius 2 is 1.70 bits per heavy atom. The van der Waals surface area contributed by atoms with Crippen LogP contribution in [-0.2, 0) is 0 Å². The lowest BCUT2D eigenvalue weighted by atomic mass is 10.0. The highest BCUT2D eigenvalue weighted by molar-refractivity contribution is 6.85. The summed E-state index contributed by atoms with van der Waals surface area (Å²) in [4.78, 5) is 0. The second kappa shape index (κ2) is 6.23. The highest BCUT2D eigenvalue weighted by atomic mass is 35.5. The Bertz CT molecular complexity index is 539. The van der Waals surface area contributed by atoms with Crippen molar-refractivity contribution in [2.24, 2.45) is 0 Å². The van der Waals surface area contributed by atoms with Crippen LogP contribution >= 0.6 is 23.2 Å². The maximum absolute atomic E-state index is 9.30. The SMILES string of the molecule is CC1=CCC(Cl)=C1CC1=C(Cl)CC=C1[Si](C)(C)CCO. The number of rotatable bonds is 5. The molecule has 2 aliphatic carbocycles. The number of aliphatic hydroxyl groups excluding tert-OH is 1. The lowest BCUT2D eigenvalue weighted by molar-refractivity contribution is 0.316. The molecule has 0 spiro atoms. The molecule has 20 heavy (non-hydrogen) atoms. The van der Waals surface area contributed by atoms with Gasteiger partial charge in [-0.1, -0.05) is 59.2 Å². The monoisotopic (exact) mass is 328 g/mol. The van der Waals surface area contributed by atoms with E-state index in [1.807, 2.05) is 0 Å². The fourth-order valence-electron chi connectivity index (χ4n) is 2.99. The van der Waals surface area contributed by atoms with E-state index in [1.54, 1.807) is 0 Å². The van der Waals surface area contributed by atoms with Gasteiger partial charge in [-0.2, -0.15) is 0 Å². The largest absolute Gasteiger partial charge is 0.397 e. The molecule has 2 aliphatic rings. The van der Waals surface area contributed by atoms with Gasteiger partial charge in [0.25, 0.3) is 0 Å². The van der Waals surface area contributed by atoms with Crippen molar-refractivity contribution in [3.8, 4) is 0 Å². The van der Waals surface area contributed by atoms with E-state index in [0.29, 0.717) is 0 Å². The summed E-state index contributed by atoms with van der Waals surface area (Å²) < 4.78 is 0. The Balaban J connectivity index is 2.27. The molecule has 110 valence electrons. The van der Waals surface area contributed by atoms with Crippen LogP contribution in [0.4, 0.5) is 0 Å². The van der Waals surface area contributed by atoms with E-state index in [1.165, 1.54) is 21.9 Å². The minimum absolute atomic E-state index is 0.254. The molecule has 0 amide bonds. The molecule has 0 heterocycles. The summed E-state index contributed by atoms with van der Waals surface area (Å²) in [6, 6.07) is 0.883. The van der Waals surface area contributed by atoms with Crippen molar-refractivity contribution in [2.45, 2.75) is 45.3 Å². The average Bonchev–Trinajstić information content (AvgIpc) is 2.88. The molecule has 1 nitrogen and oxygen atoms in total. The van der Waals surface area contributed by atoms with Crippen LogP contribution in [0.2, 0.25) is 19.1 Å². The van der Waals surface area contributed by atoms with Gasteiger partial charge in [-0.15, -0.1) is 0 Å². The first-order chi connectivity index (χ1) is 9.36. The molecule has 1 N–H and O–H groups in total. The van der Waals surface area contributed by atoms with E-state index in [2.05, 4.69) is 32.2 Å². The quantitative estimate of drug-likeness (QED) is 0.680. The van der Waals surface area contributed by atoms with Crippen LogP contribution < -0.4 is 0 Å². The number of aliphatic hydroxyl groups is 1. The molecule has 0 aliphatic heterocycles. The molecule has 2 rings (SSSR count). The number of hydrogen-bond acceptors (Lipinski definition) is 1. The van der Waals surface area contributed by atoms with Crippen LogP contribution in [0.25, 0.3) is 0 Å². The third kappa shape index (κ3) is 3.14. The summed E-state index contributed by atoms with van der Waals surface area (Å²) in [6.07, 6.45) is 6.97. The number of allylic oxidation sites excluding steroid dienone is 8. The Kier molecular flexibility index (Phi) is 5.01. The molecule has 0 saturated carbocycles. The molecule has 4 heteroatoms. The second-order valence-electron chi connectivity index (χ2n) is 6.21. The van der Waals surface area contributed by atoms with Gasteiger partial charge >= 0.3 is 0 Å². The van der Waals surface area contributed by atoms with Gasteiger partial charge in [-0.3, -0.25) is 0 Å². The predicted octanol–water partition coefficient (Wildman–Crippen LogP) is 5.28. The Labute approximate surface area is 132 Å². The van der Waals surface area contributed by atoms with E-state index in [4.69, 9.17) is 23.2 Å². The Morgan fingerprint density at radius 1 is 1.10 bits per heavy atom. The fourth-order valence-corrected chi connectivity index (χ4v) is 6.15. The van der Waals surface area contributed by atoms with Crippen LogP contribution in [0.15, 0.2) is 44.1 Å². The molecule has 0 aromatic heterocycles. The van der Waals surface area contributed by atoms with Crippen molar-refractivity contribution < 1.29 is 5.11 Å². The molecule has 0 aromatic rings. The number of hydrogen-bond donors (Lipinski definition) is 1. The van der Waals surface area contributed by atoms with E-state index in [-0.39, 0.29) is 6.61 Å². The molecule has 0 fully saturated rings. The zero-order valence-electron chi connectivity index (χ0n) is 12.4. The van der Waals surface area contributed by atoms with Crippen molar-refractivity contribution in [1.29, 1.82) is 0 Å². The molecule has 0 unspecified atom stereocenters. The highest BCUT2D eigenvalue weighted by Gasteiger charge is 2.32. The summed E-state index contributed by atoms with van der Waals surface area (Å²) in [7, 11) is -1.61. The van der Waals surface area contributed by atoms with E-state index >= 15 is 0 Å². The first-order valence-electron chi connectivity index (χ1n) is 7.11. The average molecular weight is 329 g/mol. The lowest BCUT2D eigenvalue weighted by Crippen LogP contribution is -2.30. The van der Waals surface area contributed by atoms with E-state index in [0.717, 1.165) is 35.4 Å². The minimum atomic E-state index is -1.61. The van der Waals surface area contributed by atoms with Crippen molar-refractivity contribution in [2.75, 3.05) is 6.61 Å². The van der Waals surface area contributed by atoms with Crippen LogP contribution in [0.5, 0.6) is 0 Å². The fraction of sp³-hybridized carbons (Fsp3) is 0.500. The maximum atomic E-state index is 9.30. The zero-order valence-corrected chi connectivity index (χ0v) is 14.9. The molecule has 0 bridgehead atoms. The standard InChI is InChI=1S/C16H22Cl2OSi/c1-11-4-5-14(17)12(11)10-13-15(18)6-7-16(13)20(2,3)9-8-19/h4,7,19H,5-6,8-10H2,1-3H3. The smallest absolute Gasteiger partial charge is 0.0829 e. The van der Waals surface area contributed by atoms with Crippen molar-refractivity contribution in [3.63, 3.8) is 0 Å². The number of halogens is 2. The van der Waals surface area contributed by atoms with Crippen LogP contribution in [0.1, 0.15) is 26.2 Å². The molecule has 0 saturated heterocycles. The van der Waals surface area contributed by atoms with Crippen molar-refractivity contribution >= 4 is 31.3 Å². The van der Waals surface area contributed by atoms with Crippen LogP contribution in [0, 0.1) is 0 Å². The van der Waals surface area contributed by atoms with Crippen LogP contribution in [-0.4, -0.2) is 19.8 Å². The summed E-state index contributed by atoms with van der Waals surface area (Å²) in [5.74, 6) is 0. The third-order valence-electron chi connectivity index (χ3n) is 4.35. The molecular formula is C16H22Cl2OSi. The Hall–Kier alpha value is -0.283. The van der Waals surface area contributed by atoms with Gasteiger partial charge in [-0.25, -0.2) is 0 Å². The summed E-state index contributed by atoms with van der Waals surface area (Å²) in [5.41, 5.74) is 3.78. The van der Waals surface area contributed by atoms with Gasteiger partial charge in [0, 0.05) is 29.5 Å². The van der Waals surface area contributed by atoms with E-state index < -0.39 is 8.07 Å². The van der Waals surface area contributed by atoms with Crippen molar-refractivity contribution in [1.82, 2.24) is 0 Å². The highest BCUT2D eigenvalue weighted by Crippen LogP contribution is 2.43. The van der Waals surface area contributed by atoms with Gasteiger partial charge in [0.2, 0.25) is 0 Å². The summed E-state index contributed by atoms with van der Waals surface area (Å²) in [6.45, 7) is 6.98. The zero-order chi connectivity index (χ0) is 14.9. The van der Waals surface area contributed by atoms with Gasteiger partial charge in [0.05, 0.1) is 8.07 Å². The third-order valence-corrected chi connectivity index (χ3v) is 8.55. The Morgan fingerprint density at radius 3 is 2.25 bits per heavy atom. The molecule has 0 radical (unpaired) electrons. The normalized spacial score (nSPS) is 19.9. The first kappa shape index (κ1) is 16.1. The minimum Gasteiger partial charge on any atom is -0.397 e. The van der Waals surface area contributed by atoms with Crippen molar-refractivity contribution in [3.05, 3.63) is 44.1 Å². The van der Waals surface area contributed by atoms with Gasteiger partial charge in [0.15, 0.2) is 0 Å². The summed E-state index contributed by atoms with van der Waals surface area (Å²) in [5, 5.41) is 12.6. The topological polar surface area (TPSA) is 20.2 Å².